The number of alkyl halides is 1. The zero-order valence-corrected chi connectivity index (χ0v) is 13.6. The molecule has 1 aromatic carbocycles. The first-order chi connectivity index (χ1) is 10.7. The Bertz CT molecular complexity index is 778. The Morgan fingerprint density at radius 2 is 1.91 bits per heavy atom. The molecule has 0 atom stereocenters. The second-order valence-corrected chi connectivity index (χ2v) is 5.62. The maximum Gasteiger partial charge on any atom is 0.137 e. The van der Waals surface area contributed by atoms with E-state index in [1.807, 2.05) is 30.3 Å². The van der Waals surface area contributed by atoms with Crippen molar-refractivity contribution in [2.75, 3.05) is 6.61 Å². The summed E-state index contributed by atoms with van der Waals surface area (Å²) in [7, 11) is 0. The van der Waals surface area contributed by atoms with E-state index < -0.39 is 0 Å². The summed E-state index contributed by atoms with van der Waals surface area (Å²) < 4.78 is 7.69. The number of rotatable bonds is 5. The molecule has 0 aliphatic rings. The molecular formula is C18H19ClN2O. The van der Waals surface area contributed by atoms with Crippen molar-refractivity contribution in [3.63, 3.8) is 0 Å². The van der Waals surface area contributed by atoms with E-state index in [1.165, 1.54) is 5.56 Å². The van der Waals surface area contributed by atoms with Gasteiger partial charge in [-0.1, -0.05) is 13.0 Å². The van der Waals surface area contributed by atoms with Gasteiger partial charge in [-0.3, -0.25) is 0 Å². The molecule has 2 heterocycles. The predicted molar refractivity (Wildman–Crippen MR) is 90.7 cm³/mol. The average Bonchev–Trinajstić information content (AvgIpc) is 2.91. The maximum absolute atomic E-state index is 6.17. The van der Waals surface area contributed by atoms with E-state index in [1.54, 1.807) is 0 Å². The van der Waals surface area contributed by atoms with Crippen LogP contribution in [0.5, 0.6) is 5.75 Å². The molecule has 0 aliphatic carbocycles. The van der Waals surface area contributed by atoms with Gasteiger partial charge in [0.15, 0.2) is 0 Å². The van der Waals surface area contributed by atoms with E-state index >= 15 is 0 Å². The van der Waals surface area contributed by atoms with Crippen LogP contribution in [-0.2, 0) is 5.88 Å². The summed E-state index contributed by atoms with van der Waals surface area (Å²) >= 11 is 6.17. The number of pyridine rings is 1. The standard InChI is InChI=1S/C18H19ClN2O/c1-3-10-22-15-7-5-14(6-8-15)18-16(11-19)21-12-13(2)4-9-17(21)20-18/h4-9,12H,3,10-11H2,1-2H3. The van der Waals surface area contributed by atoms with Crippen LogP contribution in [0.15, 0.2) is 42.6 Å². The molecule has 0 spiro atoms. The van der Waals surface area contributed by atoms with Crippen LogP contribution in [0.1, 0.15) is 24.6 Å². The molecule has 0 saturated heterocycles. The van der Waals surface area contributed by atoms with Crippen LogP contribution >= 0.6 is 11.6 Å². The van der Waals surface area contributed by atoms with E-state index in [2.05, 4.69) is 30.5 Å². The van der Waals surface area contributed by atoms with Crippen molar-refractivity contribution in [1.29, 1.82) is 0 Å². The SMILES string of the molecule is CCCOc1ccc(-c2nc3ccc(C)cn3c2CCl)cc1. The summed E-state index contributed by atoms with van der Waals surface area (Å²) in [6.45, 7) is 4.90. The first kappa shape index (κ1) is 14.9. The lowest BCUT2D eigenvalue weighted by molar-refractivity contribution is 0.317. The van der Waals surface area contributed by atoms with Gasteiger partial charge in [0, 0.05) is 11.8 Å². The normalized spacial score (nSPS) is 11.0. The molecule has 0 unspecified atom stereocenters. The second kappa shape index (κ2) is 6.41. The highest BCUT2D eigenvalue weighted by atomic mass is 35.5. The maximum atomic E-state index is 6.17. The van der Waals surface area contributed by atoms with Crippen LogP contribution in [0.3, 0.4) is 0 Å². The van der Waals surface area contributed by atoms with E-state index in [0.717, 1.165) is 41.4 Å². The van der Waals surface area contributed by atoms with Crippen molar-refractivity contribution in [2.45, 2.75) is 26.1 Å². The van der Waals surface area contributed by atoms with Gasteiger partial charge >= 0.3 is 0 Å². The van der Waals surface area contributed by atoms with Crippen molar-refractivity contribution >= 4 is 17.2 Å². The van der Waals surface area contributed by atoms with Gasteiger partial charge in [-0.25, -0.2) is 4.98 Å². The number of hydrogen-bond acceptors (Lipinski definition) is 2. The highest BCUT2D eigenvalue weighted by molar-refractivity contribution is 6.17. The van der Waals surface area contributed by atoms with Crippen LogP contribution in [0.25, 0.3) is 16.9 Å². The summed E-state index contributed by atoms with van der Waals surface area (Å²) in [5, 5.41) is 0. The quantitative estimate of drug-likeness (QED) is 0.630. The Kier molecular flexibility index (Phi) is 4.34. The van der Waals surface area contributed by atoms with E-state index in [9.17, 15) is 0 Å². The lowest BCUT2D eigenvalue weighted by Crippen LogP contribution is -1.95. The fourth-order valence-corrected chi connectivity index (χ4v) is 2.74. The van der Waals surface area contributed by atoms with Crippen LogP contribution < -0.4 is 4.74 Å². The van der Waals surface area contributed by atoms with Crippen LogP contribution in [-0.4, -0.2) is 16.0 Å². The molecule has 3 aromatic rings. The number of fused-ring (bicyclic) bond motifs is 1. The zero-order valence-electron chi connectivity index (χ0n) is 12.8. The number of nitrogens with zero attached hydrogens (tertiary/aromatic N) is 2. The summed E-state index contributed by atoms with van der Waals surface area (Å²) in [4.78, 5) is 4.72. The highest BCUT2D eigenvalue weighted by Gasteiger charge is 2.13. The second-order valence-electron chi connectivity index (χ2n) is 5.35. The number of ether oxygens (including phenoxy) is 1. The van der Waals surface area contributed by atoms with Gasteiger partial charge in [-0.2, -0.15) is 0 Å². The zero-order chi connectivity index (χ0) is 15.5. The summed E-state index contributed by atoms with van der Waals surface area (Å²) in [5.74, 6) is 1.31. The smallest absolute Gasteiger partial charge is 0.137 e. The molecular weight excluding hydrogens is 296 g/mol. The molecule has 3 nitrogen and oxygen atoms in total. The molecule has 4 heteroatoms. The van der Waals surface area contributed by atoms with Gasteiger partial charge < -0.3 is 9.14 Å². The molecule has 0 aliphatic heterocycles. The molecule has 0 amide bonds. The van der Waals surface area contributed by atoms with Gasteiger partial charge in [0.1, 0.15) is 11.4 Å². The monoisotopic (exact) mass is 314 g/mol. The molecule has 0 radical (unpaired) electrons. The molecule has 0 fully saturated rings. The molecule has 114 valence electrons. The van der Waals surface area contributed by atoms with Crippen molar-refractivity contribution < 1.29 is 4.74 Å². The van der Waals surface area contributed by atoms with Crippen molar-refractivity contribution in [2.24, 2.45) is 0 Å². The number of aromatic nitrogens is 2. The highest BCUT2D eigenvalue weighted by Crippen LogP contribution is 2.27. The first-order valence-electron chi connectivity index (χ1n) is 7.49. The van der Waals surface area contributed by atoms with Gasteiger partial charge in [-0.05, 0) is 49.2 Å². The van der Waals surface area contributed by atoms with Gasteiger partial charge in [0.25, 0.3) is 0 Å². The minimum absolute atomic E-state index is 0.425. The molecule has 0 bridgehead atoms. The molecule has 3 rings (SSSR count). The Hall–Kier alpha value is -2.00. The number of benzene rings is 1. The van der Waals surface area contributed by atoms with E-state index in [-0.39, 0.29) is 0 Å². The Balaban J connectivity index is 2.02. The van der Waals surface area contributed by atoms with Gasteiger partial charge in [-0.15, -0.1) is 11.6 Å². The topological polar surface area (TPSA) is 26.5 Å². The molecule has 22 heavy (non-hydrogen) atoms. The third-order valence-electron chi connectivity index (χ3n) is 3.59. The predicted octanol–water partition coefficient (Wildman–Crippen LogP) is 4.84. The summed E-state index contributed by atoms with van der Waals surface area (Å²) in [5.41, 5.74) is 5.11. The Labute approximate surface area is 135 Å². The lowest BCUT2D eigenvalue weighted by atomic mass is 10.1. The van der Waals surface area contributed by atoms with Crippen molar-refractivity contribution in [3.05, 3.63) is 53.9 Å². The van der Waals surface area contributed by atoms with Crippen molar-refractivity contribution in [1.82, 2.24) is 9.38 Å². The largest absolute Gasteiger partial charge is 0.494 e. The Morgan fingerprint density at radius 3 is 2.59 bits per heavy atom. The summed E-state index contributed by atoms with van der Waals surface area (Å²) in [6, 6.07) is 12.1. The third kappa shape index (κ3) is 2.81. The van der Waals surface area contributed by atoms with E-state index in [0.29, 0.717) is 5.88 Å². The number of halogens is 1. The first-order valence-corrected chi connectivity index (χ1v) is 8.03. The minimum Gasteiger partial charge on any atom is -0.494 e. The van der Waals surface area contributed by atoms with E-state index in [4.69, 9.17) is 21.3 Å². The number of imidazole rings is 1. The van der Waals surface area contributed by atoms with Crippen LogP contribution in [0.4, 0.5) is 0 Å². The van der Waals surface area contributed by atoms with Crippen LogP contribution in [0, 0.1) is 6.92 Å². The lowest BCUT2D eigenvalue weighted by Gasteiger charge is -2.06. The fraction of sp³-hybridized carbons (Fsp3) is 0.278. The summed E-state index contributed by atoms with van der Waals surface area (Å²) in [6.07, 6.45) is 3.08. The molecule has 2 aromatic heterocycles. The molecule has 0 N–H and O–H groups in total. The Morgan fingerprint density at radius 1 is 1.14 bits per heavy atom. The molecule has 0 saturated carbocycles. The number of hydrogen-bond donors (Lipinski definition) is 0. The van der Waals surface area contributed by atoms with Crippen LogP contribution in [0.2, 0.25) is 0 Å². The average molecular weight is 315 g/mol. The van der Waals surface area contributed by atoms with Gasteiger partial charge in [0.05, 0.1) is 23.9 Å². The third-order valence-corrected chi connectivity index (χ3v) is 3.85. The van der Waals surface area contributed by atoms with Gasteiger partial charge in [0.2, 0.25) is 0 Å². The minimum atomic E-state index is 0.425. The fourth-order valence-electron chi connectivity index (χ4n) is 2.49. The van der Waals surface area contributed by atoms with Crippen molar-refractivity contribution in [3.8, 4) is 17.0 Å². The number of aryl methyl sites for hydroxylation is 1.